The highest BCUT2D eigenvalue weighted by Gasteiger charge is 2.45. The number of carbonyl (C=O) groups excluding carboxylic acids is 9. The molecule has 0 saturated carbocycles. The number of methoxy groups -OCH3 is 1. The van der Waals surface area contributed by atoms with E-state index in [-0.39, 0.29) is 34.6 Å². The number of H-pyrrole nitrogens is 1. The van der Waals surface area contributed by atoms with Crippen LogP contribution in [-0.2, 0) is 71.0 Å². The van der Waals surface area contributed by atoms with Crippen molar-refractivity contribution >= 4 is 86.6 Å². The molecule has 3 aliphatic rings. The summed E-state index contributed by atoms with van der Waals surface area (Å²) in [7, 11) is -0.899. The van der Waals surface area contributed by atoms with Crippen LogP contribution in [0, 0.1) is 11.8 Å². The number of piperidine rings is 1. The number of carbonyl (C=O) groups is 9. The normalized spacial score (nSPS) is 23.9. The number of aliphatic hydroxyl groups is 4. The largest absolute Gasteiger partial charge is 0.496 e. The number of aromatic amines is 1. The Kier molecular flexibility index (Phi) is 26.2. The maximum Gasteiger partial charge on any atom is 0.246 e. The number of hydrogen-bond acceptors (Lipinski definition) is 19. The summed E-state index contributed by atoms with van der Waals surface area (Å²) in [5.74, 6) is -4.13. The fraction of sp³-hybridized carbons (Fsp3) is 0.673. The molecule has 17 N–H and O–H groups in total. The number of aliphatic hydroxyl groups excluding tert-OH is 4. The molecule has 5 rings (SSSR count). The molecule has 28 nitrogen and oxygen atoms in total. The molecule has 0 aliphatic carbocycles. The van der Waals surface area contributed by atoms with Gasteiger partial charge in [-0.1, -0.05) is 33.6 Å². The number of aromatic nitrogens is 1. The van der Waals surface area contributed by atoms with Crippen LogP contribution < -0.4 is 54.0 Å². The molecule has 9 amide bonds. The highest BCUT2D eigenvalue weighted by molar-refractivity contribution is 7.99. The summed E-state index contributed by atoms with van der Waals surface area (Å²) in [5, 5.41) is 58.2. The molecule has 11 atom stereocenters. The molecule has 1 unspecified atom stereocenters. The van der Waals surface area contributed by atoms with E-state index in [9.17, 15) is 63.6 Å². The highest BCUT2D eigenvalue weighted by Crippen LogP contribution is 2.38. The Morgan fingerprint density at radius 2 is 1.70 bits per heavy atom. The van der Waals surface area contributed by atoms with Crippen LogP contribution >= 0.6 is 11.8 Å². The second kappa shape index (κ2) is 32.2. The molecule has 3 aliphatic heterocycles. The molecule has 30 heteroatoms. The number of ether oxygens (including phenoxy) is 1. The van der Waals surface area contributed by atoms with Crippen molar-refractivity contribution in [2.45, 2.75) is 149 Å². The van der Waals surface area contributed by atoms with Crippen molar-refractivity contribution in [2.75, 3.05) is 65.4 Å². The zero-order valence-corrected chi connectivity index (χ0v) is 48.4. The molecule has 0 spiro atoms. The van der Waals surface area contributed by atoms with Crippen LogP contribution in [0.3, 0.4) is 0 Å². The van der Waals surface area contributed by atoms with Gasteiger partial charge in [-0.05, 0) is 55.7 Å². The number of benzene rings is 1. The summed E-state index contributed by atoms with van der Waals surface area (Å²) in [6.45, 7) is 3.08. The minimum absolute atomic E-state index is 0.0364. The van der Waals surface area contributed by atoms with E-state index < -0.39 is 163 Å². The number of unbranched alkanes of at least 4 members (excludes halogenated alkanes) is 2. The van der Waals surface area contributed by atoms with Gasteiger partial charge in [-0.2, -0.15) is 11.8 Å². The number of rotatable bonds is 24. The van der Waals surface area contributed by atoms with Crippen molar-refractivity contribution in [1.82, 2.24) is 46.7 Å². The van der Waals surface area contributed by atoms with Crippen molar-refractivity contribution in [2.24, 2.45) is 29.2 Å². The number of likely N-dealkylation sites (tertiary alicyclic amines) is 1. The van der Waals surface area contributed by atoms with Gasteiger partial charge in [0.1, 0.15) is 41.0 Å². The van der Waals surface area contributed by atoms with E-state index in [4.69, 9.17) is 22.1 Å². The van der Waals surface area contributed by atoms with E-state index in [1.807, 2.05) is 4.90 Å². The SMILES string of the molecule is CC[C@H](C)[C@H](NC(=O)CN)C(=O)NCC(=O)N[C@H]1CS(=O)c2[nH]c3c(CSC4CCN(C(=O)CCCCCON)CC4)c(OC)ccc3c2C[C@@H](CO)NC(=O)[C@H]([C@@H](C)[C@@H](O)CO)NC(=O)[C@@H]2C[C@@H](O)CN2C(=O)[C@H](CC(N)=O)NC1=O. The van der Waals surface area contributed by atoms with Crippen molar-refractivity contribution in [3.8, 4) is 5.75 Å². The van der Waals surface area contributed by atoms with Crippen LogP contribution in [0.15, 0.2) is 17.2 Å². The molecule has 0 bridgehead atoms. The molecule has 82 heavy (non-hydrogen) atoms. The number of thioether (sulfide) groups is 1. The summed E-state index contributed by atoms with van der Waals surface area (Å²) in [6, 6.07) is -5.86. The number of amides is 9. The maximum absolute atomic E-state index is 15.2. The van der Waals surface area contributed by atoms with E-state index in [1.54, 1.807) is 37.7 Å². The fourth-order valence-corrected chi connectivity index (χ4v) is 12.8. The van der Waals surface area contributed by atoms with Crippen LogP contribution in [0.2, 0.25) is 0 Å². The molecule has 458 valence electrons. The predicted molar refractivity (Wildman–Crippen MR) is 300 cm³/mol. The van der Waals surface area contributed by atoms with Gasteiger partial charge in [0.2, 0.25) is 53.2 Å². The third kappa shape index (κ3) is 18.0. The summed E-state index contributed by atoms with van der Waals surface area (Å²) < 4.78 is 21.1. The molecule has 1 aromatic heterocycles. The Morgan fingerprint density at radius 1 is 0.976 bits per heavy atom. The van der Waals surface area contributed by atoms with Gasteiger partial charge in [0.15, 0.2) is 0 Å². The Labute approximate surface area is 482 Å². The molecule has 2 aromatic rings. The number of nitrogens with two attached hydrogens (primary N) is 3. The minimum atomic E-state index is -2.37. The monoisotopic (exact) mass is 1190 g/mol. The standard InChI is InChI=1S/C52H82N12O16S2/c1-5-27(2)44(60-41(70)20-53)49(75)56-21-42(71)58-36-26-82(78)51-33(32-10-11-39(79-4)34(46(32)62-51)25-81-31-12-14-63(15-13-31)43(72)9-7-6-8-16-80-55)17-29(23-65)57-50(76)45(28(3)38(68)24-66)61-48(74)37-18-30(67)22-64(37)52(77)35(19-40(54)69)59-47(36)73/h10-11,27-31,35-38,44-45,62,65-68H,5-9,12-26,53,55H2,1-4H3,(H2,54,69)(H,56,75)(H,57,76)(H,58,71)(H,59,73)(H,60,70)(H,61,74)/t27-,28-,29-,30+,35-,36-,37-,38-,44-,45-,82?/m0/s1. The summed E-state index contributed by atoms with van der Waals surface area (Å²) in [6.07, 6.45) is 0.0853. The lowest BCUT2D eigenvalue weighted by molar-refractivity contribution is -0.144. The zero-order chi connectivity index (χ0) is 60.4. The van der Waals surface area contributed by atoms with Crippen molar-refractivity contribution < 1.29 is 77.4 Å². The lowest BCUT2D eigenvalue weighted by Gasteiger charge is -2.32. The molecule has 0 radical (unpaired) electrons. The summed E-state index contributed by atoms with van der Waals surface area (Å²) in [4.78, 5) is 134. The first-order valence-electron chi connectivity index (χ1n) is 27.5. The van der Waals surface area contributed by atoms with E-state index in [0.717, 1.165) is 17.7 Å². The highest BCUT2D eigenvalue weighted by atomic mass is 32.2. The average molecular weight is 1200 g/mol. The summed E-state index contributed by atoms with van der Waals surface area (Å²) in [5.41, 5.74) is 12.4. The number of hydrogen-bond donors (Lipinski definition) is 14. The van der Waals surface area contributed by atoms with Gasteiger partial charge in [-0.25, -0.2) is 5.90 Å². The smallest absolute Gasteiger partial charge is 0.246 e. The summed E-state index contributed by atoms with van der Waals surface area (Å²) >= 11 is 1.62. The van der Waals surface area contributed by atoms with Crippen LogP contribution in [-0.4, -0.2) is 212 Å². The molecule has 2 fully saturated rings. The van der Waals surface area contributed by atoms with Gasteiger partial charge in [0.05, 0.1) is 86.8 Å². The number of primary amides is 1. The van der Waals surface area contributed by atoms with E-state index in [2.05, 4.69) is 41.7 Å². The third-order valence-corrected chi connectivity index (χ3v) is 18.0. The Hall–Kier alpha value is -5.99. The first-order chi connectivity index (χ1) is 39.1. The topological polar surface area (TPSA) is 443 Å². The molecular weight excluding hydrogens is 1110 g/mol. The van der Waals surface area contributed by atoms with Crippen LogP contribution in [0.1, 0.15) is 89.7 Å². The minimum Gasteiger partial charge on any atom is -0.496 e. The lowest BCUT2D eigenvalue weighted by Crippen LogP contribution is -2.61. The van der Waals surface area contributed by atoms with Gasteiger partial charge in [-0.15, -0.1) is 0 Å². The number of nitrogens with one attached hydrogen (secondary N) is 7. The van der Waals surface area contributed by atoms with Crippen molar-refractivity contribution in [1.29, 1.82) is 0 Å². The second-order valence-corrected chi connectivity index (χ2v) is 23.7. The van der Waals surface area contributed by atoms with Crippen LogP contribution in [0.4, 0.5) is 0 Å². The molecule has 4 heterocycles. The Morgan fingerprint density at radius 3 is 2.33 bits per heavy atom. The average Bonchev–Trinajstić information content (AvgIpc) is 4.28. The number of nitrogens with zero attached hydrogens (tertiary/aromatic N) is 2. The zero-order valence-electron chi connectivity index (χ0n) is 46.8. The van der Waals surface area contributed by atoms with Crippen LogP contribution in [0.5, 0.6) is 5.75 Å². The quantitative estimate of drug-likeness (QED) is 0.0351. The van der Waals surface area contributed by atoms with E-state index in [1.165, 1.54) is 14.0 Å². The first-order valence-corrected chi connectivity index (χ1v) is 29.9. The van der Waals surface area contributed by atoms with Gasteiger partial charge >= 0.3 is 0 Å². The molecule has 2 saturated heterocycles. The van der Waals surface area contributed by atoms with Crippen molar-refractivity contribution in [3.05, 3.63) is 23.3 Å². The van der Waals surface area contributed by atoms with Crippen LogP contribution in [0.25, 0.3) is 10.9 Å². The third-order valence-electron chi connectivity index (χ3n) is 15.2. The predicted octanol–water partition coefficient (Wildman–Crippen LogP) is -4.12. The number of fused-ring (bicyclic) bond motifs is 4. The van der Waals surface area contributed by atoms with E-state index >= 15 is 4.21 Å². The first kappa shape index (κ1) is 66.8. The second-order valence-electron chi connectivity index (χ2n) is 21.0. The molecule has 1 aromatic carbocycles. The van der Waals surface area contributed by atoms with Gasteiger partial charge in [0, 0.05) is 60.3 Å². The Bertz CT molecular complexity index is 2600. The Balaban J connectivity index is 1.59. The van der Waals surface area contributed by atoms with Gasteiger partial charge < -0.3 is 88.2 Å². The van der Waals surface area contributed by atoms with E-state index in [0.29, 0.717) is 79.8 Å². The molecular formula is C52H82N12O16S2. The maximum atomic E-state index is 15.2. The van der Waals surface area contributed by atoms with Gasteiger partial charge in [0.25, 0.3) is 0 Å². The lowest BCUT2D eigenvalue weighted by atomic mass is 9.94. The van der Waals surface area contributed by atoms with Crippen molar-refractivity contribution in [3.63, 3.8) is 0 Å². The fourth-order valence-electron chi connectivity index (χ4n) is 10.2. The van der Waals surface area contributed by atoms with Gasteiger partial charge in [-0.3, -0.25) is 47.4 Å².